The molecule has 0 spiro atoms. The van der Waals surface area contributed by atoms with Crippen molar-refractivity contribution in [1.29, 1.82) is 0 Å². The lowest BCUT2D eigenvalue weighted by atomic mass is 10.0. The highest BCUT2D eigenvalue weighted by molar-refractivity contribution is 6.30. The molecule has 3 aromatic rings. The van der Waals surface area contributed by atoms with Gasteiger partial charge in [-0.1, -0.05) is 54.1 Å². The monoisotopic (exact) mass is 449 g/mol. The van der Waals surface area contributed by atoms with Gasteiger partial charge in [-0.25, -0.2) is 14.8 Å². The number of piperazine rings is 1. The second kappa shape index (κ2) is 10.0. The van der Waals surface area contributed by atoms with E-state index in [0.717, 1.165) is 58.6 Å². The summed E-state index contributed by atoms with van der Waals surface area (Å²) in [4.78, 5) is 26.2. The van der Waals surface area contributed by atoms with Gasteiger partial charge in [0.2, 0.25) is 0 Å². The van der Waals surface area contributed by atoms with Crippen molar-refractivity contribution < 1.29 is 4.79 Å². The van der Waals surface area contributed by atoms with Crippen LogP contribution in [0.2, 0.25) is 5.02 Å². The number of aromatic nitrogens is 2. The van der Waals surface area contributed by atoms with E-state index in [9.17, 15) is 4.79 Å². The van der Waals surface area contributed by atoms with Gasteiger partial charge in [-0.2, -0.15) is 0 Å². The van der Waals surface area contributed by atoms with Gasteiger partial charge in [0.15, 0.2) is 5.82 Å². The molecule has 0 saturated carbocycles. The summed E-state index contributed by atoms with van der Waals surface area (Å²) in [6, 6.07) is 18.0. The average Bonchev–Trinajstić information content (AvgIpc) is 2.82. The van der Waals surface area contributed by atoms with Crippen LogP contribution in [0.1, 0.15) is 23.7 Å². The number of benzene rings is 2. The third kappa shape index (κ3) is 5.02. The molecule has 1 N–H and O–H groups in total. The molecule has 6 nitrogen and oxygen atoms in total. The number of nitrogens with zero attached hydrogens (tertiary/aromatic N) is 4. The van der Waals surface area contributed by atoms with E-state index >= 15 is 0 Å². The minimum absolute atomic E-state index is 0.00243. The lowest BCUT2D eigenvalue weighted by Gasteiger charge is -2.36. The Balaban J connectivity index is 1.67. The highest BCUT2D eigenvalue weighted by atomic mass is 35.5. The standard InChI is InChI=1S/C25H28ClN5O/c1-3-27-25(32)31-15-13-30(14-16-31)24-22(17-19-9-11-21(26)12-10-19)18(2)28-23(29-24)20-7-5-4-6-8-20/h4-12H,3,13-17H2,1-2H3,(H,27,32). The summed E-state index contributed by atoms with van der Waals surface area (Å²) >= 11 is 6.08. The highest BCUT2D eigenvalue weighted by Gasteiger charge is 2.25. The van der Waals surface area contributed by atoms with Gasteiger partial charge < -0.3 is 15.1 Å². The van der Waals surface area contributed by atoms with Crippen molar-refractivity contribution in [2.24, 2.45) is 0 Å². The van der Waals surface area contributed by atoms with E-state index in [0.29, 0.717) is 19.6 Å². The highest BCUT2D eigenvalue weighted by Crippen LogP contribution is 2.28. The summed E-state index contributed by atoms with van der Waals surface area (Å²) in [5.41, 5.74) is 4.24. The van der Waals surface area contributed by atoms with Crippen molar-refractivity contribution in [3.05, 3.63) is 76.4 Å². The van der Waals surface area contributed by atoms with E-state index in [1.807, 2.05) is 73.3 Å². The number of carbonyl (C=O) groups excluding carboxylic acids is 1. The van der Waals surface area contributed by atoms with Crippen LogP contribution in [0.5, 0.6) is 0 Å². The number of hydrogen-bond donors (Lipinski definition) is 1. The Kier molecular flexibility index (Phi) is 6.90. The molecule has 0 aliphatic carbocycles. The zero-order chi connectivity index (χ0) is 22.5. The predicted molar refractivity (Wildman–Crippen MR) is 129 cm³/mol. The molecule has 0 unspecified atom stereocenters. The number of carbonyl (C=O) groups is 1. The van der Waals surface area contributed by atoms with Gasteiger partial charge >= 0.3 is 6.03 Å². The molecule has 0 radical (unpaired) electrons. The molecule has 1 fully saturated rings. The maximum Gasteiger partial charge on any atom is 0.317 e. The van der Waals surface area contributed by atoms with Gasteiger partial charge in [0.05, 0.1) is 0 Å². The van der Waals surface area contributed by atoms with Crippen LogP contribution in [0.4, 0.5) is 10.6 Å². The Labute approximate surface area is 194 Å². The molecule has 0 atom stereocenters. The summed E-state index contributed by atoms with van der Waals surface area (Å²) in [5, 5.41) is 3.62. The van der Waals surface area contributed by atoms with Crippen molar-refractivity contribution >= 4 is 23.4 Å². The number of anilines is 1. The summed E-state index contributed by atoms with van der Waals surface area (Å²) < 4.78 is 0. The van der Waals surface area contributed by atoms with E-state index < -0.39 is 0 Å². The number of nitrogens with one attached hydrogen (secondary N) is 1. The van der Waals surface area contributed by atoms with Crippen LogP contribution in [0, 0.1) is 6.92 Å². The molecular formula is C25H28ClN5O. The van der Waals surface area contributed by atoms with Crippen molar-refractivity contribution in [1.82, 2.24) is 20.2 Å². The zero-order valence-electron chi connectivity index (χ0n) is 18.5. The summed E-state index contributed by atoms with van der Waals surface area (Å²) in [6.07, 6.45) is 0.726. The number of rotatable bonds is 5. The largest absolute Gasteiger partial charge is 0.353 e. The maximum atomic E-state index is 12.2. The third-order valence-electron chi connectivity index (χ3n) is 5.71. The molecule has 2 heterocycles. The number of hydrogen-bond acceptors (Lipinski definition) is 4. The quantitative estimate of drug-likeness (QED) is 0.620. The van der Waals surface area contributed by atoms with Gasteiger partial charge in [-0.05, 0) is 31.5 Å². The van der Waals surface area contributed by atoms with Gasteiger partial charge in [-0.15, -0.1) is 0 Å². The fraction of sp³-hybridized carbons (Fsp3) is 0.320. The molecule has 1 aliphatic rings. The molecule has 1 saturated heterocycles. The van der Waals surface area contributed by atoms with Gasteiger partial charge in [0, 0.05) is 61.0 Å². The molecule has 1 aliphatic heterocycles. The van der Waals surface area contributed by atoms with Crippen LogP contribution < -0.4 is 10.2 Å². The first kappa shape index (κ1) is 22.1. The van der Waals surface area contributed by atoms with E-state index in [-0.39, 0.29) is 6.03 Å². The van der Waals surface area contributed by atoms with Gasteiger partial charge in [0.1, 0.15) is 5.82 Å². The Morgan fingerprint density at radius 1 is 1.00 bits per heavy atom. The summed E-state index contributed by atoms with van der Waals surface area (Å²) in [5.74, 6) is 1.67. The fourth-order valence-corrected chi connectivity index (χ4v) is 4.08. The lowest BCUT2D eigenvalue weighted by Crippen LogP contribution is -2.52. The number of aryl methyl sites for hydroxylation is 1. The number of halogens is 1. The summed E-state index contributed by atoms with van der Waals surface area (Å²) in [7, 11) is 0. The second-order valence-corrected chi connectivity index (χ2v) is 8.35. The first-order valence-corrected chi connectivity index (χ1v) is 11.4. The Bertz CT molecular complexity index is 1060. The minimum atomic E-state index is -0.00243. The SMILES string of the molecule is CCNC(=O)N1CCN(c2nc(-c3ccccc3)nc(C)c2Cc2ccc(Cl)cc2)CC1. The Hall–Kier alpha value is -3.12. The Morgan fingerprint density at radius 2 is 1.69 bits per heavy atom. The molecule has 166 valence electrons. The smallest absolute Gasteiger partial charge is 0.317 e. The van der Waals surface area contributed by atoms with Crippen molar-refractivity contribution in [3.8, 4) is 11.4 Å². The zero-order valence-corrected chi connectivity index (χ0v) is 19.3. The van der Waals surface area contributed by atoms with Crippen LogP contribution in [0.3, 0.4) is 0 Å². The molecule has 4 rings (SSSR count). The van der Waals surface area contributed by atoms with Crippen molar-refractivity contribution in [2.45, 2.75) is 20.3 Å². The molecule has 2 amide bonds. The van der Waals surface area contributed by atoms with Crippen LogP contribution >= 0.6 is 11.6 Å². The normalized spacial score (nSPS) is 13.8. The first-order chi connectivity index (χ1) is 15.5. The van der Waals surface area contributed by atoms with Gasteiger partial charge in [0.25, 0.3) is 0 Å². The molecule has 7 heteroatoms. The predicted octanol–water partition coefficient (Wildman–Crippen LogP) is 4.55. The van der Waals surface area contributed by atoms with Crippen molar-refractivity contribution in [3.63, 3.8) is 0 Å². The van der Waals surface area contributed by atoms with E-state index in [1.165, 1.54) is 0 Å². The van der Waals surface area contributed by atoms with Crippen molar-refractivity contribution in [2.75, 3.05) is 37.6 Å². The van der Waals surface area contributed by atoms with Gasteiger partial charge in [-0.3, -0.25) is 0 Å². The fourth-order valence-electron chi connectivity index (χ4n) is 3.96. The lowest BCUT2D eigenvalue weighted by molar-refractivity contribution is 0.195. The van der Waals surface area contributed by atoms with E-state index in [2.05, 4.69) is 10.2 Å². The van der Waals surface area contributed by atoms with Crippen LogP contribution in [-0.4, -0.2) is 53.6 Å². The van der Waals surface area contributed by atoms with Crippen LogP contribution in [-0.2, 0) is 6.42 Å². The Morgan fingerprint density at radius 3 is 2.34 bits per heavy atom. The molecule has 2 aromatic carbocycles. The maximum absolute atomic E-state index is 12.2. The molecule has 0 bridgehead atoms. The van der Waals surface area contributed by atoms with E-state index in [4.69, 9.17) is 21.6 Å². The topological polar surface area (TPSA) is 61.4 Å². The van der Waals surface area contributed by atoms with Crippen LogP contribution in [0.15, 0.2) is 54.6 Å². The summed E-state index contributed by atoms with van der Waals surface area (Å²) in [6.45, 7) is 7.41. The van der Waals surface area contributed by atoms with E-state index in [1.54, 1.807) is 0 Å². The molecule has 1 aromatic heterocycles. The van der Waals surface area contributed by atoms with Crippen LogP contribution in [0.25, 0.3) is 11.4 Å². The number of amides is 2. The third-order valence-corrected chi connectivity index (χ3v) is 5.96. The molecular weight excluding hydrogens is 422 g/mol. The minimum Gasteiger partial charge on any atom is -0.353 e. The molecule has 32 heavy (non-hydrogen) atoms. The first-order valence-electron chi connectivity index (χ1n) is 11.0. The second-order valence-electron chi connectivity index (χ2n) is 7.91. The average molecular weight is 450 g/mol. The number of urea groups is 1.